The van der Waals surface area contributed by atoms with Gasteiger partial charge in [0, 0.05) is 18.4 Å². The highest BCUT2D eigenvalue weighted by Gasteiger charge is 2.10. The Bertz CT molecular complexity index is 613. The zero-order valence-electron chi connectivity index (χ0n) is 11.3. The lowest BCUT2D eigenvalue weighted by Crippen LogP contribution is -2.13. The second-order valence-electron chi connectivity index (χ2n) is 4.23. The first-order chi connectivity index (χ1) is 9.60. The third-order valence-corrected chi connectivity index (χ3v) is 2.90. The average Bonchev–Trinajstić information content (AvgIpc) is 2.44. The fourth-order valence-electron chi connectivity index (χ4n) is 1.60. The quantitative estimate of drug-likeness (QED) is 0.908. The number of hydrogen-bond acceptors (Lipinski definition) is 4. The molecule has 2 rings (SSSR count). The Kier molecular flexibility index (Phi) is 4.53. The van der Waals surface area contributed by atoms with Crippen LogP contribution in [0, 0.1) is 6.92 Å². The van der Waals surface area contributed by atoms with Crippen molar-refractivity contribution in [2.75, 3.05) is 17.2 Å². The van der Waals surface area contributed by atoms with Crippen LogP contribution in [-0.4, -0.2) is 22.4 Å². The second-order valence-corrected chi connectivity index (χ2v) is 4.63. The van der Waals surface area contributed by atoms with Crippen molar-refractivity contribution in [3.8, 4) is 0 Å². The molecule has 0 aromatic carbocycles. The molecule has 0 aliphatic heterocycles. The number of carbonyl (C=O) groups excluding carboxylic acids is 1. The van der Waals surface area contributed by atoms with Crippen LogP contribution in [0.3, 0.4) is 0 Å². The van der Waals surface area contributed by atoms with Gasteiger partial charge in [0.1, 0.15) is 5.82 Å². The van der Waals surface area contributed by atoms with Crippen molar-refractivity contribution in [3.05, 3.63) is 46.9 Å². The highest BCUT2D eigenvalue weighted by atomic mass is 35.5. The van der Waals surface area contributed by atoms with Crippen LogP contribution in [0.25, 0.3) is 0 Å². The van der Waals surface area contributed by atoms with Crippen molar-refractivity contribution >= 4 is 29.0 Å². The summed E-state index contributed by atoms with van der Waals surface area (Å²) in [5.74, 6) is 0.302. The number of nitrogens with one attached hydrogen (secondary N) is 2. The van der Waals surface area contributed by atoms with Gasteiger partial charge in [-0.25, -0.2) is 4.98 Å². The summed E-state index contributed by atoms with van der Waals surface area (Å²) in [6.07, 6.45) is 3.09. The fraction of sp³-hybridized carbons (Fsp3) is 0.214. The van der Waals surface area contributed by atoms with E-state index in [2.05, 4.69) is 20.6 Å². The SMILES string of the molecule is CCNc1ncc(C(=O)Nc2ccc(C)nc2)cc1Cl. The predicted octanol–water partition coefficient (Wildman–Crippen LogP) is 3.12. The van der Waals surface area contributed by atoms with Gasteiger partial charge in [0.05, 0.1) is 22.5 Å². The minimum absolute atomic E-state index is 0.270. The number of carbonyl (C=O) groups is 1. The molecule has 20 heavy (non-hydrogen) atoms. The van der Waals surface area contributed by atoms with Crippen molar-refractivity contribution in [2.45, 2.75) is 13.8 Å². The van der Waals surface area contributed by atoms with Crippen LogP contribution >= 0.6 is 11.6 Å². The van der Waals surface area contributed by atoms with Gasteiger partial charge in [-0.05, 0) is 32.0 Å². The third-order valence-electron chi connectivity index (χ3n) is 2.62. The summed E-state index contributed by atoms with van der Waals surface area (Å²) in [7, 11) is 0. The lowest BCUT2D eigenvalue weighted by atomic mass is 10.2. The molecule has 0 saturated carbocycles. The van der Waals surface area contributed by atoms with Gasteiger partial charge >= 0.3 is 0 Å². The average molecular weight is 291 g/mol. The molecule has 0 unspecified atom stereocenters. The number of anilines is 2. The van der Waals surface area contributed by atoms with Crippen LogP contribution < -0.4 is 10.6 Å². The van der Waals surface area contributed by atoms with Crippen molar-refractivity contribution in [3.63, 3.8) is 0 Å². The predicted molar refractivity (Wildman–Crippen MR) is 80.3 cm³/mol. The molecule has 0 saturated heterocycles. The summed E-state index contributed by atoms with van der Waals surface area (Å²) >= 11 is 6.06. The van der Waals surface area contributed by atoms with Crippen LogP contribution in [0.15, 0.2) is 30.6 Å². The van der Waals surface area contributed by atoms with Gasteiger partial charge in [0.15, 0.2) is 0 Å². The molecule has 0 fully saturated rings. The fourth-order valence-corrected chi connectivity index (χ4v) is 1.84. The van der Waals surface area contributed by atoms with E-state index in [1.54, 1.807) is 18.3 Å². The van der Waals surface area contributed by atoms with E-state index in [1.165, 1.54) is 6.20 Å². The lowest BCUT2D eigenvalue weighted by molar-refractivity contribution is 0.102. The van der Waals surface area contributed by atoms with Gasteiger partial charge in [-0.3, -0.25) is 9.78 Å². The Hall–Kier alpha value is -2.14. The maximum Gasteiger partial charge on any atom is 0.257 e. The monoisotopic (exact) mass is 290 g/mol. The molecule has 6 heteroatoms. The van der Waals surface area contributed by atoms with Gasteiger partial charge in [0.2, 0.25) is 0 Å². The van der Waals surface area contributed by atoms with E-state index in [4.69, 9.17) is 11.6 Å². The van der Waals surface area contributed by atoms with Crippen LogP contribution in [0.1, 0.15) is 23.0 Å². The van der Waals surface area contributed by atoms with Crippen LogP contribution in [0.5, 0.6) is 0 Å². The number of pyridine rings is 2. The summed E-state index contributed by atoms with van der Waals surface area (Å²) in [6.45, 7) is 4.55. The molecular weight excluding hydrogens is 276 g/mol. The Labute approximate surface area is 122 Å². The summed E-state index contributed by atoms with van der Waals surface area (Å²) < 4.78 is 0. The van der Waals surface area contributed by atoms with E-state index in [9.17, 15) is 4.79 Å². The molecule has 0 bridgehead atoms. The molecule has 104 valence electrons. The molecule has 0 aliphatic rings. The molecule has 0 radical (unpaired) electrons. The standard InChI is InChI=1S/C14H15ClN4O/c1-3-16-13-12(15)6-10(7-18-13)14(20)19-11-5-4-9(2)17-8-11/h4-8H,3H2,1-2H3,(H,16,18)(H,19,20). The Morgan fingerprint density at radius 3 is 2.70 bits per heavy atom. The van der Waals surface area contributed by atoms with Gasteiger partial charge in [-0.15, -0.1) is 0 Å². The summed E-state index contributed by atoms with van der Waals surface area (Å²) in [6, 6.07) is 5.21. The van der Waals surface area contributed by atoms with E-state index in [0.29, 0.717) is 28.6 Å². The highest BCUT2D eigenvalue weighted by Crippen LogP contribution is 2.20. The third kappa shape index (κ3) is 3.45. The molecule has 2 aromatic rings. The molecule has 2 aromatic heterocycles. The molecular formula is C14H15ClN4O. The Morgan fingerprint density at radius 2 is 2.10 bits per heavy atom. The van der Waals surface area contributed by atoms with Crippen LogP contribution in [0.2, 0.25) is 5.02 Å². The highest BCUT2D eigenvalue weighted by molar-refractivity contribution is 6.33. The maximum atomic E-state index is 12.1. The first kappa shape index (κ1) is 14.3. The lowest BCUT2D eigenvalue weighted by Gasteiger charge is -2.08. The van der Waals surface area contributed by atoms with Crippen LogP contribution in [-0.2, 0) is 0 Å². The number of amides is 1. The van der Waals surface area contributed by atoms with Crippen molar-refractivity contribution in [2.24, 2.45) is 0 Å². The second kappa shape index (κ2) is 6.34. The Balaban J connectivity index is 2.13. The summed E-state index contributed by atoms with van der Waals surface area (Å²) in [5.41, 5.74) is 1.92. The molecule has 0 atom stereocenters. The van der Waals surface area contributed by atoms with E-state index >= 15 is 0 Å². The minimum atomic E-state index is -0.270. The van der Waals surface area contributed by atoms with Gasteiger partial charge in [-0.1, -0.05) is 11.6 Å². The van der Waals surface area contributed by atoms with Gasteiger partial charge < -0.3 is 10.6 Å². The minimum Gasteiger partial charge on any atom is -0.369 e. The van der Waals surface area contributed by atoms with E-state index in [1.807, 2.05) is 19.9 Å². The number of aryl methyl sites for hydroxylation is 1. The molecule has 5 nitrogen and oxygen atoms in total. The summed E-state index contributed by atoms with van der Waals surface area (Å²) in [4.78, 5) is 20.3. The van der Waals surface area contributed by atoms with Crippen molar-refractivity contribution in [1.29, 1.82) is 0 Å². The Morgan fingerprint density at radius 1 is 1.30 bits per heavy atom. The summed E-state index contributed by atoms with van der Waals surface area (Å²) in [5, 5.41) is 6.17. The molecule has 0 spiro atoms. The number of rotatable bonds is 4. The maximum absolute atomic E-state index is 12.1. The normalized spacial score (nSPS) is 10.2. The number of aromatic nitrogens is 2. The van der Waals surface area contributed by atoms with Gasteiger partial charge in [0.25, 0.3) is 5.91 Å². The molecule has 0 aliphatic carbocycles. The van der Waals surface area contributed by atoms with E-state index in [-0.39, 0.29) is 5.91 Å². The molecule has 2 heterocycles. The largest absolute Gasteiger partial charge is 0.369 e. The number of nitrogens with zero attached hydrogens (tertiary/aromatic N) is 2. The zero-order valence-corrected chi connectivity index (χ0v) is 12.0. The first-order valence-corrected chi connectivity index (χ1v) is 6.61. The van der Waals surface area contributed by atoms with Crippen LogP contribution in [0.4, 0.5) is 11.5 Å². The van der Waals surface area contributed by atoms with E-state index in [0.717, 1.165) is 5.69 Å². The van der Waals surface area contributed by atoms with Crippen molar-refractivity contribution < 1.29 is 4.79 Å². The smallest absolute Gasteiger partial charge is 0.257 e. The van der Waals surface area contributed by atoms with Gasteiger partial charge in [-0.2, -0.15) is 0 Å². The topological polar surface area (TPSA) is 66.9 Å². The molecule has 2 N–H and O–H groups in total. The first-order valence-electron chi connectivity index (χ1n) is 6.23. The number of hydrogen-bond donors (Lipinski definition) is 2. The van der Waals surface area contributed by atoms with Crippen molar-refractivity contribution in [1.82, 2.24) is 9.97 Å². The van der Waals surface area contributed by atoms with E-state index < -0.39 is 0 Å². The molecule has 1 amide bonds. The number of halogens is 1. The zero-order chi connectivity index (χ0) is 14.5.